The lowest BCUT2D eigenvalue weighted by molar-refractivity contribution is 0.530. The number of hydrogen-bond acceptors (Lipinski definition) is 3. The summed E-state index contributed by atoms with van der Waals surface area (Å²) >= 11 is -1.18. The minimum atomic E-state index is -1.18. The molecule has 0 aliphatic rings. The standard InChI is InChI=1S/C18H28N2O2S/c1-7-8-9-10-11-15-13-20(6)17(21)12-16(15)14(2)19-23(22)18(3,4)5/h12-14,19H,7,10-11H2,1-6H3/t14-,23?/m0/s1. The molecule has 5 heteroatoms. The lowest BCUT2D eigenvalue weighted by Crippen LogP contribution is -2.41. The van der Waals surface area contributed by atoms with E-state index in [0.717, 1.165) is 30.4 Å². The average Bonchev–Trinajstić information content (AvgIpc) is 2.45. The first kappa shape index (κ1) is 19.8. The van der Waals surface area contributed by atoms with Crippen molar-refractivity contribution in [3.8, 4) is 11.8 Å². The van der Waals surface area contributed by atoms with E-state index in [1.807, 2.05) is 40.8 Å². The van der Waals surface area contributed by atoms with Crippen LogP contribution in [0.25, 0.3) is 0 Å². The monoisotopic (exact) mass is 336 g/mol. The van der Waals surface area contributed by atoms with Gasteiger partial charge in [-0.2, -0.15) is 0 Å². The molecule has 0 aliphatic carbocycles. The largest absolute Gasteiger partial charge is 0.598 e. The smallest absolute Gasteiger partial charge is 0.250 e. The molecule has 1 unspecified atom stereocenters. The summed E-state index contributed by atoms with van der Waals surface area (Å²) in [5.74, 6) is 6.19. The minimum absolute atomic E-state index is 0.0569. The number of nitrogens with zero attached hydrogens (tertiary/aromatic N) is 1. The highest BCUT2D eigenvalue weighted by molar-refractivity contribution is 7.90. The second-order valence-corrected chi connectivity index (χ2v) is 8.63. The van der Waals surface area contributed by atoms with Crippen LogP contribution in [0.1, 0.15) is 64.6 Å². The summed E-state index contributed by atoms with van der Waals surface area (Å²) in [6, 6.07) is 1.48. The third-order valence-electron chi connectivity index (χ3n) is 3.47. The average molecular weight is 337 g/mol. The van der Waals surface area contributed by atoms with Gasteiger partial charge in [-0.3, -0.25) is 4.79 Å². The molecule has 0 bridgehead atoms. The Balaban J connectivity index is 3.03. The molecular weight excluding hydrogens is 308 g/mol. The van der Waals surface area contributed by atoms with E-state index < -0.39 is 11.4 Å². The molecular formula is C18H28N2O2S. The zero-order valence-electron chi connectivity index (χ0n) is 15.0. The van der Waals surface area contributed by atoms with Gasteiger partial charge in [0.2, 0.25) is 0 Å². The molecule has 0 aromatic carbocycles. The summed E-state index contributed by atoms with van der Waals surface area (Å²) in [7, 11) is 1.75. The molecule has 0 fully saturated rings. The third-order valence-corrected chi connectivity index (χ3v) is 5.15. The Kier molecular flexibility index (Phi) is 7.40. The van der Waals surface area contributed by atoms with Crippen molar-refractivity contribution in [2.24, 2.45) is 7.05 Å². The summed E-state index contributed by atoms with van der Waals surface area (Å²) in [4.78, 5) is 12.0. The van der Waals surface area contributed by atoms with Crippen LogP contribution >= 0.6 is 0 Å². The van der Waals surface area contributed by atoms with Crippen LogP contribution in [0.3, 0.4) is 0 Å². The fourth-order valence-corrected chi connectivity index (χ4v) is 2.92. The van der Waals surface area contributed by atoms with Crippen LogP contribution in [0.4, 0.5) is 0 Å². The van der Waals surface area contributed by atoms with Crippen molar-refractivity contribution in [1.82, 2.24) is 9.29 Å². The first-order valence-electron chi connectivity index (χ1n) is 8.00. The summed E-state index contributed by atoms with van der Waals surface area (Å²) in [5.41, 5.74) is 1.92. The highest BCUT2D eigenvalue weighted by Gasteiger charge is 2.29. The Morgan fingerprint density at radius 3 is 2.61 bits per heavy atom. The molecule has 1 aromatic heterocycles. The number of aromatic nitrogens is 1. The van der Waals surface area contributed by atoms with E-state index in [1.54, 1.807) is 17.7 Å². The van der Waals surface area contributed by atoms with Gasteiger partial charge < -0.3 is 9.12 Å². The number of pyridine rings is 1. The van der Waals surface area contributed by atoms with E-state index >= 15 is 0 Å². The number of nitrogens with one attached hydrogen (secondary N) is 1. The van der Waals surface area contributed by atoms with E-state index in [0.29, 0.717) is 0 Å². The van der Waals surface area contributed by atoms with Crippen molar-refractivity contribution in [3.05, 3.63) is 33.7 Å². The fourth-order valence-electron chi connectivity index (χ4n) is 2.12. The maximum atomic E-state index is 12.3. The fraction of sp³-hybridized carbons (Fsp3) is 0.611. The maximum Gasteiger partial charge on any atom is 0.250 e. The van der Waals surface area contributed by atoms with Crippen LogP contribution in [0.5, 0.6) is 0 Å². The van der Waals surface area contributed by atoms with Crippen LogP contribution in [0.2, 0.25) is 0 Å². The molecule has 0 radical (unpaired) electrons. The lowest BCUT2D eigenvalue weighted by Gasteiger charge is -2.27. The van der Waals surface area contributed by atoms with Gasteiger partial charge in [-0.15, -0.1) is 16.6 Å². The topological polar surface area (TPSA) is 57.1 Å². The summed E-state index contributed by atoms with van der Waals surface area (Å²) in [6.07, 6.45) is 4.25. The van der Waals surface area contributed by atoms with Gasteiger partial charge in [0.25, 0.3) is 5.56 Å². The number of rotatable bonds is 5. The van der Waals surface area contributed by atoms with Crippen LogP contribution in [0.15, 0.2) is 17.1 Å². The second-order valence-electron chi connectivity index (χ2n) is 6.63. The van der Waals surface area contributed by atoms with Crippen LogP contribution < -0.4 is 10.3 Å². The maximum absolute atomic E-state index is 12.3. The van der Waals surface area contributed by atoms with Gasteiger partial charge >= 0.3 is 0 Å². The highest BCUT2D eigenvalue weighted by Crippen LogP contribution is 2.22. The van der Waals surface area contributed by atoms with E-state index in [9.17, 15) is 9.35 Å². The molecule has 0 saturated heterocycles. The zero-order chi connectivity index (χ0) is 17.6. The van der Waals surface area contributed by atoms with Crippen molar-refractivity contribution in [2.45, 2.75) is 64.7 Å². The Labute approximate surface area is 143 Å². The van der Waals surface area contributed by atoms with Crippen molar-refractivity contribution in [3.63, 3.8) is 0 Å². The van der Waals surface area contributed by atoms with E-state index in [-0.39, 0.29) is 16.3 Å². The van der Waals surface area contributed by atoms with Crippen LogP contribution in [-0.2, 0) is 24.8 Å². The van der Waals surface area contributed by atoms with Crippen molar-refractivity contribution < 1.29 is 4.55 Å². The highest BCUT2D eigenvalue weighted by atomic mass is 32.2. The van der Waals surface area contributed by atoms with Gasteiger partial charge in [0.1, 0.15) is 4.75 Å². The SMILES string of the molecule is CCC#CCCc1cn(C)c(=O)cc1[C@H](C)N[S+]([O-])C(C)(C)C. The van der Waals surface area contributed by atoms with Crippen molar-refractivity contribution in [2.75, 3.05) is 0 Å². The minimum Gasteiger partial charge on any atom is -0.598 e. The van der Waals surface area contributed by atoms with E-state index in [4.69, 9.17) is 0 Å². The van der Waals surface area contributed by atoms with Gasteiger partial charge in [0, 0.05) is 43.5 Å². The Bertz CT molecular complexity index is 635. The molecule has 4 nitrogen and oxygen atoms in total. The molecule has 2 atom stereocenters. The van der Waals surface area contributed by atoms with E-state index in [2.05, 4.69) is 16.6 Å². The molecule has 1 N–H and O–H groups in total. The first-order valence-corrected chi connectivity index (χ1v) is 9.15. The summed E-state index contributed by atoms with van der Waals surface area (Å²) in [6.45, 7) is 9.74. The summed E-state index contributed by atoms with van der Waals surface area (Å²) < 4.78 is 16.7. The van der Waals surface area contributed by atoms with Gasteiger partial charge in [0.05, 0.1) is 6.04 Å². The quantitative estimate of drug-likeness (QED) is 0.664. The second kappa shape index (κ2) is 8.58. The Morgan fingerprint density at radius 1 is 1.39 bits per heavy atom. The lowest BCUT2D eigenvalue weighted by atomic mass is 10.0. The number of hydrogen-bond donors (Lipinski definition) is 1. The molecule has 0 aliphatic heterocycles. The van der Waals surface area contributed by atoms with E-state index in [1.165, 1.54) is 0 Å². The van der Waals surface area contributed by atoms with Gasteiger partial charge in [-0.1, -0.05) is 6.92 Å². The zero-order valence-corrected chi connectivity index (χ0v) is 15.8. The van der Waals surface area contributed by atoms with Gasteiger partial charge in [-0.25, -0.2) is 0 Å². The number of aryl methyl sites for hydroxylation is 2. The van der Waals surface area contributed by atoms with Crippen molar-refractivity contribution >= 4 is 11.4 Å². The molecule has 0 saturated carbocycles. The summed E-state index contributed by atoms with van der Waals surface area (Å²) in [5, 5.41) is 0. The predicted octanol–water partition coefficient (Wildman–Crippen LogP) is 2.84. The third kappa shape index (κ3) is 6.06. The molecule has 1 heterocycles. The first-order chi connectivity index (χ1) is 10.7. The molecule has 23 heavy (non-hydrogen) atoms. The molecule has 1 aromatic rings. The molecule has 1 rings (SSSR count). The predicted molar refractivity (Wildman–Crippen MR) is 97.5 cm³/mol. The Hall–Kier alpha value is -1.22. The van der Waals surface area contributed by atoms with Crippen LogP contribution in [0, 0.1) is 11.8 Å². The van der Waals surface area contributed by atoms with Crippen molar-refractivity contribution in [1.29, 1.82) is 0 Å². The molecule has 0 amide bonds. The molecule has 128 valence electrons. The normalized spacial score (nSPS) is 14.0. The van der Waals surface area contributed by atoms with Crippen LogP contribution in [-0.4, -0.2) is 13.9 Å². The van der Waals surface area contributed by atoms with Gasteiger partial charge in [-0.05, 0) is 45.2 Å². The molecule has 0 spiro atoms. The van der Waals surface area contributed by atoms with Gasteiger partial charge in [0.15, 0.2) is 0 Å². The Morgan fingerprint density at radius 2 is 2.04 bits per heavy atom.